The summed E-state index contributed by atoms with van der Waals surface area (Å²) in [6, 6.07) is 9.31. The van der Waals surface area contributed by atoms with E-state index in [1.807, 2.05) is 26.4 Å². The molecule has 1 saturated carbocycles. The van der Waals surface area contributed by atoms with E-state index in [0.29, 0.717) is 12.0 Å². The first-order chi connectivity index (χ1) is 19.2. The van der Waals surface area contributed by atoms with Crippen molar-refractivity contribution in [3.05, 3.63) is 48.0 Å². The van der Waals surface area contributed by atoms with Crippen molar-refractivity contribution in [2.24, 2.45) is 0 Å². The van der Waals surface area contributed by atoms with Crippen LogP contribution >= 0.6 is 0 Å². The summed E-state index contributed by atoms with van der Waals surface area (Å²) in [4.78, 5) is 9.84. The van der Waals surface area contributed by atoms with E-state index in [1.54, 1.807) is 0 Å². The molecule has 5 heterocycles. The minimum absolute atomic E-state index is 0.0297. The number of ether oxygens (including phenoxy) is 3. The monoisotopic (exact) mass is 527 g/mol. The quantitative estimate of drug-likeness (QED) is 0.346. The van der Waals surface area contributed by atoms with Crippen LogP contribution in [0.5, 0.6) is 5.88 Å². The molecule has 0 radical (unpaired) electrons. The van der Waals surface area contributed by atoms with Crippen molar-refractivity contribution in [2.75, 3.05) is 26.9 Å². The Morgan fingerprint density at radius 3 is 2.67 bits per heavy atom. The van der Waals surface area contributed by atoms with Crippen LogP contribution in [-0.4, -0.2) is 58.8 Å². The third kappa shape index (κ3) is 4.68. The molecule has 1 atom stereocenters. The molecule has 3 aliphatic rings. The van der Waals surface area contributed by atoms with Crippen molar-refractivity contribution >= 4 is 21.7 Å². The van der Waals surface area contributed by atoms with Crippen LogP contribution in [-0.2, 0) is 9.47 Å². The maximum Gasteiger partial charge on any atom is 0.221 e. The molecule has 8 heteroatoms. The fourth-order valence-electron chi connectivity index (χ4n) is 6.40. The smallest absolute Gasteiger partial charge is 0.221 e. The first-order valence-electron chi connectivity index (χ1n) is 14.5. The van der Waals surface area contributed by atoms with E-state index in [-0.39, 0.29) is 12.3 Å². The Morgan fingerprint density at radius 1 is 1.03 bits per heavy atom. The highest BCUT2D eigenvalue weighted by atomic mass is 16.5. The van der Waals surface area contributed by atoms with Crippen LogP contribution in [0.25, 0.3) is 32.8 Å². The average molecular weight is 528 g/mol. The van der Waals surface area contributed by atoms with E-state index in [0.717, 1.165) is 109 Å². The van der Waals surface area contributed by atoms with Gasteiger partial charge in [0.15, 0.2) is 6.23 Å². The van der Waals surface area contributed by atoms with Gasteiger partial charge in [0, 0.05) is 60.0 Å². The maximum atomic E-state index is 6.70. The predicted molar refractivity (Wildman–Crippen MR) is 151 cm³/mol. The largest absolute Gasteiger partial charge is 0.474 e. The van der Waals surface area contributed by atoms with Crippen molar-refractivity contribution in [1.29, 1.82) is 0 Å². The first-order valence-corrected chi connectivity index (χ1v) is 14.5. The lowest BCUT2D eigenvalue weighted by atomic mass is 9.87. The number of aromatic nitrogens is 4. The molecule has 0 bridgehead atoms. The SMILES string of the molecule is CN[C@H]1C[C@H](Oc2nc(C3CCOCC3)c(-c3ccnc(C)c3)c3cc4cnn(C5CCCCO5)c4cc23)C1. The molecule has 1 N–H and O–H groups in total. The van der Waals surface area contributed by atoms with Gasteiger partial charge in [0.25, 0.3) is 0 Å². The molecule has 0 spiro atoms. The summed E-state index contributed by atoms with van der Waals surface area (Å²) in [7, 11) is 2.02. The summed E-state index contributed by atoms with van der Waals surface area (Å²) in [5, 5.41) is 11.5. The summed E-state index contributed by atoms with van der Waals surface area (Å²) in [5.74, 6) is 1.05. The third-order valence-corrected chi connectivity index (χ3v) is 8.72. The lowest BCUT2D eigenvalue weighted by Crippen LogP contribution is -2.45. The van der Waals surface area contributed by atoms with Gasteiger partial charge in [0.05, 0.1) is 17.4 Å². The third-order valence-electron chi connectivity index (χ3n) is 8.72. The average Bonchev–Trinajstić information content (AvgIpc) is 3.37. The highest BCUT2D eigenvalue weighted by Crippen LogP contribution is 2.44. The van der Waals surface area contributed by atoms with Gasteiger partial charge in [-0.15, -0.1) is 0 Å². The number of nitrogens with zero attached hydrogens (tertiary/aromatic N) is 4. The zero-order chi connectivity index (χ0) is 26.3. The lowest BCUT2D eigenvalue weighted by molar-refractivity contribution is -0.0366. The molecule has 1 unspecified atom stereocenters. The van der Waals surface area contributed by atoms with Crippen LogP contribution in [0.3, 0.4) is 0 Å². The Morgan fingerprint density at radius 2 is 1.90 bits per heavy atom. The molecule has 39 heavy (non-hydrogen) atoms. The highest BCUT2D eigenvalue weighted by Gasteiger charge is 2.32. The molecule has 3 aromatic heterocycles. The van der Waals surface area contributed by atoms with Crippen LogP contribution in [0.4, 0.5) is 0 Å². The summed E-state index contributed by atoms with van der Waals surface area (Å²) in [6.45, 7) is 4.35. The van der Waals surface area contributed by atoms with E-state index in [2.05, 4.69) is 39.2 Å². The number of fused-ring (bicyclic) bond motifs is 2. The maximum absolute atomic E-state index is 6.70. The summed E-state index contributed by atoms with van der Waals surface area (Å²) in [6.07, 6.45) is 11.2. The van der Waals surface area contributed by atoms with Crippen LogP contribution in [0, 0.1) is 6.92 Å². The molecule has 1 aliphatic carbocycles. The number of rotatable bonds is 6. The Hall–Kier alpha value is -3.07. The van der Waals surface area contributed by atoms with Gasteiger partial charge < -0.3 is 19.5 Å². The molecule has 204 valence electrons. The molecule has 1 aromatic carbocycles. The minimum atomic E-state index is -0.0297. The highest BCUT2D eigenvalue weighted by molar-refractivity contribution is 6.07. The van der Waals surface area contributed by atoms with Crippen molar-refractivity contribution in [3.63, 3.8) is 0 Å². The molecule has 4 aromatic rings. The number of benzene rings is 1. The zero-order valence-corrected chi connectivity index (χ0v) is 22.9. The topological polar surface area (TPSA) is 83.3 Å². The molecule has 8 nitrogen and oxygen atoms in total. The standard InChI is InChI=1S/C31H37N5O3/c1-19-13-21(6-9-33-19)29-25-14-22-18-34-36(28-5-3-4-10-38-28)27(22)17-26(25)31(39-24-15-23(16-24)32-2)35-30(29)20-7-11-37-12-8-20/h6,9,13-14,17-18,20,23-24,28,32H,3-5,7-8,10-12,15-16H2,1-2H3/t23-,24-,28?. The van der Waals surface area contributed by atoms with Crippen molar-refractivity contribution < 1.29 is 14.2 Å². The zero-order valence-electron chi connectivity index (χ0n) is 22.9. The number of hydrogen-bond acceptors (Lipinski definition) is 7. The fourth-order valence-corrected chi connectivity index (χ4v) is 6.40. The van der Waals surface area contributed by atoms with Gasteiger partial charge in [-0.3, -0.25) is 4.98 Å². The number of hydrogen-bond donors (Lipinski definition) is 1. The second-order valence-corrected chi connectivity index (χ2v) is 11.3. The summed E-state index contributed by atoms with van der Waals surface area (Å²) >= 11 is 0. The Bertz CT molecular complexity index is 1480. The second-order valence-electron chi connectivity index (χ2n) is 11.3. The van der Waals surface area contributed by atoms with Crippen molar-refractivity contribution in [1.82, 2.24) is 25.1 Å². The van der Waals surface area contributed by atoms with Gasteiger partial charge in [0.2, 0.25) is 5.88 Å². The van der Waals surface area contributed by atoms with Gasteiger partial charge >= 0.3 is 0 Å². The number of aryl methyl sites for hydroxylation is 1. The van der Waals surface area contributed by atoms with Crippen molar-refractivity contribution in [2.45, 2.75) is 76.2 Å². The summed E-state index contributed by atoms with van der Waals surface area (Å²) < 4.78 is 20.6. The van der Waals surface area contributed by atoms with E-state index in [1.165, 1.54) is 5.56 Å². The molecule has 2 saturated heterocycles. The van der Waals surface area contributed by atoms with Crippen LogP contribution in [0.2, 0.25) is 0 Å². The molecule has 7 rings (SSSR count). The van der Waals surface area contributed by atoms with Crippen LogP contribution in [0.15, 0.2) is 36.7 Å². The molecular weight excluding hydrogens is 490 g/mol. The van der Waals surface area contributed by atoms with Crippen molar-refractivity contribution in [3.8, 4) is 17.0 Å². The van der Waals surface area contributed by atoms with Gasteiger partial charge in [-0.25, -0.2) is 9.67 Å². The van der Waals surface area contributed by atoms with E-state index >= 15 is 0 Å². The van der Waals surface area contributed by atoms with E-state index in [4.69, 9.17) is 24.3 Å². The first kappa shape index (κ1) is 24.9. The second kappa shape index (κ2) is 10.5. The lowest BCUT2D eigenvalue weighted by Gasteiger charge is -2.35. The van der Waals surface area contributed by atoms with E-state index in [9.17, 15) is 0 Å². The molecular formula is C31H37N5O3. The van der Waals surface area contributed by atoms with Gasteiger partial charge in [-0.2, -0.15) is 5.10 Å². The van der Waals surface area contributed by atoms with Gasteiger partial charge in [-0.1, -0.05) is 0 Å². The fraction of sp³-hybridized carbons (Fsp3) is 0.516. The normalized spacial score (nSPS) is 24.2. The molecule has 3 fully saturated rings. The Labute approximate surface area is 229 Å². The predicted octanol–water partition coefficient (Wildman–Crippen LogP) is 5.68. The van der Waals surface area contributed by atoms with E-state index < -0.39 is 0 Å². The Kier molecular flexibility index (Phi) is 6.70. The van der Waals surface area contributed by atoms with Crippen LogP contribution < -0.4 is 10.1 Å². The minimum Gasteiger partial charge on any atom is -0.474 e. The van der Waals surface area contributed by atoms with Crippen LogP contribution in [0.1, 0.15) is 68.5 Å². The van der Waals surface area contributed by atoms with Gasteiger partial charge in [0.1, 0.15) is 6.10 Å². The summed E-state index contributed by atoms with van der Waals surface area (Å²) in [5.41, 5.74) is 5.50. The Balaban J connectivity index is 1.45. The molecule has 0 amide bonds. The van der Waals surface area contributed by atoms with Gasteiger partial charge in [-0.05, 0) is 94.1 Å². The number of pyridine rings is 2. The molecule has 2 aliphatic heterocycles. The number of nitrogens with one attached hydrogen (secondary N) is 1.